The van der Waals surface area contributed by atoms with Crippen molar-refractivity contribution in [1.29, 1.82) is 0 Å². The quantitative estimate of drug-likeness (QED) is 0.803. The Morgan fingerprint density at radius 1 is 1.07 bits per heavy atom. The Balaban J connectivity index is 1.32. The molecule has 0 spiro atoms. The molecule has 2 amide bonds. The van der Waals surface area contributed by atoms with Gasteiger partial charge in [0.15, 0.2) is 0 Å². The summed E-state index contributed by atoms with van der Waals surface area (Å²) < 4.78 is 13.2. The van der Waals surface area contributed by atoms with E-state index in [9.17, 15) is 14.0 Å². The lowest BCUT2D eigenvalue weighted by molar-refractivity contribution is -0.127. The van der Waals surface area contributed by atoms with Crippen LogP contribution in [0.25, 0.3) is 11.3 Å². The highest BCUT2D eigenvalue weighted by atomic mass is 19.1. The number of carbonyl (C=O) groups excluding carboxylic acids is 2. The molecule has 160 valence electrons. The van der Waals surface area contributed by atoms with Crippen LogP contribution in [0.2, 0.25) is 0 Å². The summed E-state index contributed by atoms with van der Waals surface area (Å²) in [6, 6.07) is 6.12. The SMILES string of the molecule is CC1CCC(C(=O)NC2CCN(C(=O)c3cn[nH]c3-c3ccc(F)cc3)CC2)CC1. The fourth-order valence-electron chi connectivity index (χ4n) is 4.52. The van der Waals surface area contributed by atoms with Crippen LogP contribution in [-0.4, -0.2) is 46.0 Å². The normalized spacial score (nSPS) is 22.7. The molecule has 0 bridgehead atoms. The zero-order valence-corrected chi connectivity index (χ0v) is 17.4. The van der Waals surface area contributed by atoms with Crippen molar-refractivity contribution in [2.24, 2.45) is 11.8 Å². The number of likely N-dealkylation sites (tertiary alicyclic amines) is 1. The fourth-order valence-corrected chi connectivity index (χ4v) is 4.52. The van der Waals surface area contributed by atoms with Crippen LogP contribution in [0.5, 0.6) is 0 Å². The molecule has 2 heterocycles. The highest BCUT2D eigenvalue weighted by Crippen LogP contribution is 2.29. The van der Waals surface area contributed by atoms with Crippen LogP contribution >= 0.6 is 0 Å². The summed E-state index contributed by atoms with van der Waals surface area (Å²) in [5.41, 5.74) is 1.81. The van der Waals surface area contributed by atoms with E-state index in [1.807, 2.05) is 4.90 Å². The molecule has 0 radical (unpaired) electrons. The topological polar surface area (TPSA) is 78.1 Å². The Bertz CT molecular complexity index is 879. The molecular formula is C23H29FN4O2. The molecule has 30 heavy (non-hydrogen) atoms. The number of piperidine rings is 1. The molecule has 2 aromatic rings. The van der Waals surface area contributed by atoms with Crippen molar-refractivity contribution >= 4 is 11.8 Å². The molecule has 2 N–H and O–H groups in total. The number of rotatable bonds is 4. The van der Waals surface area contributed by atoms with Gasteiger partial charge in [0.05, 0.1) is 17.5 Å². The summed E-state index contributed by atoms with van der Waals surface area (Å²) in [7, 11) is 0. The first kappa shape index (κ1) is 20.6. The predicted octanol–water partition coefficient (Wildman–Crippen LogP) is 3.76. The molecule has 0 atom stereocenters. The lowest BCUT2D eigenvalue weighted by Gasteiger charge is -2.34. The van der Waals surface area contributed by atoms with Crippen molar-refractivity contribution in [3.05, 3.63) is 41.8 Å². The Hall–Kier alpha value is -2.70. The van der Waals surface area contributed by atoms with Gasteiger partial charge in [0.2, 0.25) is 5.91 Å². The number of nitrogens with zero attached hydrogens (tertiary/aromatic N) is 2. The number of halogens is 1. The average molecular weight is 413 g/mol. The van der Waals surface area contributed by atoms with Gasteiger partial charge in [0.25, 0.3) is 5.91 Å². The van der Waals surface area contributed by atoms with E-state index in [-0.39, 0.29) is 29.6 Å². The summed E-state index contributed by atoms with van der Waals surface area (Å²) in [5.74, 6) is 0.642. The van der Waals surface area contributed by atoms with Crippen LogP contribution in [0.3, 0.4) is 0 Å². The van der Waals surface area contributed by atoms with Crippen molar-refractivity contribution in [3.8, 4) is 11.3 Å². The van der Waals surface area contributed by atoms with Gasteiger partial charge in [-0.2, -0.15) is 5.10 Å². The lowest BCUT2D eigenvalue weighted by Crippen LogP contribution is -2.48. The molecule has 0 unspecified atom stereocenters. The molecular weight excluding hydrogens is 383 g/mol. The molecule has 1 aliphatic carbocycles. The summed E-state index contributed by atoms with van der Waals surface area (Å²) in [4.78, 5) is 27.4. The second-order valence-corrected chi connectivity index (χ2v) is 8.70. The number of aromatic amines is 1. The zero-order valence-electron chi connectivity index (χ0n) is 17.4. The molecule has 1 aliphatic heterocycles. The van der Waals surface area contributed by atoms with Gasteiger partial charge in [-0.15, -0.1) is 0 Å². The maximum absolute atomic E-state index is 13.2. The Kier molecular flexibility index (Phi) is 6.16. The number of amides is 2. The predicted molar refractivity (Wildman–Crippen MR) is 112 cm³/mol. The third-order valence-corrected chi connectivity index (χ3v) is 6.52. The van der Waals surface area contributed by atoms with Gasteiger partial charge in [0.1, 0.15) is 5.82 Å². The second kappa shape index (κ2) is 8.98. The minimum Gasteiger partial charge on any atom is -0.353 e. The number of aromatic nitrogens is 2. The highest BCUT2D eigenvalue weighted by Gasteiger charge is 2.29. The van der Waals surface area contributed by atoms with E-state index >= 15 is 0 Å². The van der Waals surface area contributed by atoms with Crippen LogP contribution < -0.4 is 5.32 Å². The van der Waals surface area contributed by atoms with E-state index in [2.05, 4.69) is 22.4 Å². The summed E-state index contributed by atoms with van der Waals surface area (Å²) in [6.45, 7) is 3.45. The first-order chi connectivity index (χ1) is 14.5. The molecule has 4 rings (SSSR count). The molecule has 2 aliphatic rings. The standard InChI is InChI=1S/C23H29FN4O2/c1-15-2-4-17(5-3-15)22(29)26-19-10-12-28(13-11-19)23(30)20-14-25-27-21(20)16-6-8-18(24)9-7-16/h6-9,14-15,17,19H,2-5,10-13H2,1H3,(H,25,27)(H,26,29). The molecule has 1 saturated heterocycles. The third-order valence-electron chi connectivity index (χ3n) is 6.52. The second-order valence-electron chi connectivity index (χ2n) is 8.70. The molecule has 1 saturated carbocycles. The minimum absolute atomic E-state index is 0.0888. The number of carbonyl (C=O) groups is 2. The highest BCUT2D eigenvalue weighted by molar-refractivity contribution is 5.99. The van der Waals surface area contributed by atoms with Crippen LogP contribution in [0.1, 0.15) is 55.8 Å². The van der Waals surface area contributed by atoms with Crippen molar-refractivity contribution in [2.75, 3.05) is 13.1 Å². The molecule has 7 heteroatoms. The first-order valence-corrected chi connectivity index (χ1v) is 10.9. The Labute approximate surface area is 176 Å². The summed E-state index contributed by atoms with van der Waals surface area (Å²) >= 11 is 0. The Morgan fingerprint density at radius 3 is 2.40 bits per heavy atom. The molecule has 1 aromatic carbocycles. The maximum Gasteiger partial charge on any atom is 0.257 e. The van der Waals surface area contributed by atoms with Crippen LogP contribution in [-0.2, 0) is 4.79 Å². The molecule has 2 fully saturated rings. The van der Waals surface area contributed by atoms with Gasteiger partial charge in [0, 0.05) is 30.6 Å². The number of hydrogen-bond acceptors (Lipinski definition) is 3. The van der Waals surface area contributed by atoms with Crippen LogP contribution in [0, 0.1) is 17.7 Å². The first-order valence-electron chi connectivity index (χ1n) is 10.9. The fraction of sp³-hybridized carbons (Fsp3) is 0.522. The van der Waals surface area contributed by atoms with Crippen molar-refractivity contribution in [1.82, 2.24) is 20.4 Å². The van der Waals surface area contributed by atoms with Crippen molar-refractivity contribution in [3.63, 3.8) is 0 Å². The minimum atomic E-state index is -0.321. The maximum atomic E-state index is 13.2. The Morgan fingerprint density at radius 2 is 1.73 bits per heavy atom. The smallest absolute Gasteiger partial charge is 0.257 e. The van der Waals surface area contributed by atoms with E-state index in [1.54, 1.807) is 12.1 Å². The van der Waals surface area contributed by atoms with E-state index < -0.39 is 0 Å². The summed E-state index contributed by atoms with van der Waals surface area (Å²) in [5, 5.41) is 10.1. The van der Waals surface area contributed by atoms with Gasteiger partial charge >= 0.3 is 0 Å². The van der Waals surface area contributed by atoms with E-state index in [1.165, 1.54) is 18.3 Å². The van der Waals surface area contributed by atoms with Gasteiger partial charge in [-0.25, -0.2) is 4.39 Å². The van der Waals surface area contributed by atoms with E-state index in [0.29, 0.717) is 24.3 Å². The van der Waals surface area contributed by atoms with Crippen LogP contribution in [0.4, 0.5) is 4.39 Å². The average Bonchev–Trinajstić information content (AvgIpc) is 3.24. The lowest BCUT2D eigenvalue weighted by atomic mass is 9.82. The zero-order chi connectivity index (χ0) is 21.1. The number of hydrogen-bond donors (Lipinski definition) is 2. The van der Waals surface area contributed by atoms with Crippen molar-refractivity contribution < 1.29 is 14.0 Å². The van der Waals surface area contributed by atoms with E-state index in [0.717, 1.165) is 50.0 Å². The van der Waals surface area contributed by atoms with Gasteiger partial charge < -0.3 is 10.2 Å². The van der Waals surface area contributed by atoms with Crippen molar-refractivity contribution in [2.45, 2.75) is 51.5 Å². The van der Waals surface area contributed by atoms with E-state index in [4.69, 9.17) is 0 Å². The monoisotopic (exact) mass is 412 g/mol. The summed E-state index contributed by atoms with van der Waals surface area (Å²) in [6.07, 6.45) is 7.26. The molecule has 6 nitrogen and oxygen atoms in total. The van der Waals surface area contributed by atoms with Gasteiger partial charge in [-0.05, 0) is 68.7 Å². The van der Waals surface area contributed by atoms with Gasteiger partial charge in [-0.1, -0.05) is 6.92 Å². The van der Waals surface area contributed by atoms with Crippen LogP contribution in [0.15, 0.2) is 30.5 Å². The number of nitrogens with one attached hydrogen (secondary N) is 2. The third kappa shape index (κ3) is 4.55. The molecule has 1 aromatic heterocycles. The number of H-pyrrole nitrogens is 1. The van der Waals surface area contributed by atoms with Gasteiger partial charge in [-0.3, -0.25) is 14.7 Å². The number of benzene rings is 1. The largest absolute Gasteiger partial charge is 0.353 e.